The first-order chi connectivity index (χ1) is 8.58. The van der Waals surface area contributed by atoms with Crippen molar-refractivity contribution in [2.75, 3.05) is 7.05 Å². The van der Waals surface area contributed by atoms with E-state index in [-0.39, 0.29) is 16.9 Å². The Balaban J connectivity index is 2.15. The lowest BCUT2D eigenvalue weighted by atomic mass is 10.2. The average Bonchev–Trinajstić information content (AvgIpc) is 2.74. The number of carbonyl (C=O) groups excluding carboxylic acids is 1. The highest BCUT2D eigenvalue weighted by molar-refractivity contribution is 9.11. The summed E-state index contributed by atoms with van der Waals surface area (Å²) < 4.78 is 1.02. The van der Waals surface area contributed by atoms with E-state index in [0.717, 1.165) is 9.35 Å². The van der Waals surface area contributed by atoms with Gasteiger partial charge in [0.15, 0.2) is 5.43 Å². The van der Waals surface area contributed by atoms with Crippen LogP contribution in [0.25, 0.3) is 0 Å². The smallest absolute Gasteiger partial charge is 0.259 e. The van der Waals surface area contributed by atoms with Crippen molar-refractivity contribution in [2.45, 2.75) is 6.54 Å². The highest BCUT2D eigenvalue weighted by atomic mass is 79.9. The van der Waals surface area contributed by atoms with Gasteiger partial charge in [0.2, 0.25) is 0 Å². The molecule has 0 atom stereocenters. The summed E-state index contributed by atoms with van der Waals surface area (Å²) in [4.78, 5) is 27.9. The normalized spacial score (nSPS) is 10.3. The van der Waals surface area contributed by atoms with Crippen molar-refractivity contribution in [3.8, 4) is 0 Å². The Morgan fingerprint density at radius 2 is 2.33 bits per heavy atom. The van der Waals surface area contributed by atoms with E-state index < -0.39 is 0 Å². The number of aromatic nitrogens is 1. The molecule has 2 aromatic rings. The molecule has 0 fully saturated rings. The van der Waals surface area contributed by atoms with E-state index in [1.54, 1.807) is 18.4 Å². The van der Waals surface area contributed by atoms with Crippen molar-refractivity contribution in [1.29, 1.82) is 0 Å². The molecule has 94 valence electrons. The number of hydrogen-bond donors (Lipinski definition) is 1. The van der Waals surface area contributed by atoms with Gasteiger partial charge in [0.05, 0.1) is 3.79 Å². The summed E-state index contributed by atoms with van der Waals surface area (Å²) in [5.74, 6) is -0.279. The predicted molar refractivity (Wildman–Crippen MR) is 74.9 cm³/mol. The standard InChI is InChI=1S/C12H11BrN2O2S/c1-15(6-8-4-11(13)18-7-8)12(17)9-5-14-3-2-10(9)16/h2-5,7H,6H2,1H3,(H,14,16). The Kier molecular flexibility index (Phi) is 3.98. The highest BCUT2D eigenvalue weighted by Crippen LogP contribution is 2.21. The lowest BCUT2D eigenvalue weighted by molar-refractivity contribution is 0.0783. The molecule has 2 heterocycles. The van der Waals surface area contributed by atoms with Crippen molar-refractivity contribution in [3.63, 3.8) is 0 Å². The summed E-state index contributed by atoms with van der Waals surface area (Å²) in [5.41, 5.74) is 0.932. The van der Waals surface area contributed by atoms with E-state index in [0.29, 0.717) is 6.54 Å². The maximum atomic E-state index is 12.1. The molecule has 0 spiro atoms. The summed E-state index contributed by atoms with van der Waals surface area (Å²) in [6.07, 6.45) is 2.94. The fourth-order valence-electron chi connectivity index (χ4n) is 1.56. The molecule has 0 aliphatic carbocycles. The van der Waals surface area contributed by atoms with Crippen LogP contribution in [0.4, 0.5) is 0 Å². The minimum absolute atomic E-state index is 0.161. The highest BCUT2D eigenvalue weighted by Gasteiger charge is 2.15. The number of aromatic amines is 1. The molecule has 4 nitrogen and oxygen atoms in total. The van der Waals surface area contributed by atoms with Gasteiger partial charge in [-0.2, -0.15) is 0 Å². The van der Waals surface area contributed by atoms with Crippen LogP contribution in [-0.2, 0) is 6.54 Å². The SMILES string of the molecule is CN(Cc1csc(Br)c1)C(=O)c1c[nH]ccc1=O. The predicted octanol–water partition coefficient (Wildman–Crippen LogP) is 2.47. The molecule has 0 unspecified atom stereocenters. The molecule has 0 saturated heterocycles. The van der Waals surface area contributed by atoms with Crippen LogP contribution in [-0.4, -0.2) is 22.8 Å². The number of amides is 1. The number of hydrogen-bond acceptors (Lipinski definition) is 3. The summed E-state index contributed by atoms with van der Waals surface area (Å²) in [6, 6.07) is 3.31. The second-order valence-corrected chi connectivity index (χ2v) is 6.13. The number of pyridine rings is 1. The minimum atomic E-state index is -0.279. The van der Waals surface area contributed by atoms with E-state index in [9.17, 15) is 9.59 Å². The Morgan fingerprint density at radius 1 is 1.56 bits per heavy atom. The number of halogens is 1. The molecule has 6 heteroatoms. The summed E-state index contributed by atoms with van der Waals surface area (Å²) >= 11 is 4.94. The average molecular weight is 327 g/mol. The van der Waals surface area contributed by atoms with Gasteiger partial charge in [0.1, 0.15) is 5.56 Å². The molecule has 0 bridgehead atoms. The third-order valence-electron chi connectivity index (χ3n) is 2.44. The molecule has 0 saturated carbocycles. The Hall–Kier alpha value is -1.40. The quantitative estimate of drug-likeness (QED) is 0.942. The fraction of sp³-hybridized carbons (Fsp3) is 0.167. The van der Waals surface area contributed by atoms with Crippen LogP contribution < -0.4 is 5.43 Å². The number of carbonyl (C=O) groups is 1. The lowest BCUT2D eigenvalue weighted by Crippen LogP contribution is -2.30. The zero-order chi connectivity index (χ0) is 13.1. The minimum Gasteiger partial charge on any atom is -0.367 e. The van der Waals surface area contributed by atoms with Crippen LogP contribution in [0.1, 0.15) is 15.9 Å². The second-order valence-electron chi connectivity index (χ2n) is 3.84. The molecular formula is C12H11BrN2O2S. The molecular weight excluding hydrogens is 316 g/mol. The van der Waals surface area contributed by atoms with Gasteiger partial charge in [-0.1, -0.05) is 0 Å². The van der Waals surface area contributed by atoms with E-state index in [2.05, 4.69) is 20.9 Å². The Labute approximate surface area is 116 Å². The van der Waals surface area contributed by atoms with Crippen LogP contribution in [0.5, 0.6) is 0 Å². The van der Waals surface area contributed by atoms with Crippen molar-refractivity contribution in [2.24, 2.45) is 0 Å². The van der Waals surface area contributed by atoms with Crippen molar-refractivity contribution < 1.29 is 4.79 Å². The van der Waals surface area contributed by atoms with E-state index in [4.69, 9.17) is 0 Å². The van der Waals surface area contributed by atoms with Gasteiger partial charge in [0, 0.05) is 32.1 Å². The number of thiophene rings is 1. The number of rotatable bonds is 3. The van der Waals surface area contributed by atoms with Crippen LogP contribution in [0.15, 0.2) is 38.5 Å². The zero-order valence-electron chi connectivity index (χ0n) is 9.64. The molecule has 1 amide bonds. The van der Waals surface area contributed by atoms with Crippen LogP contribution in [0, 0.1) is 0 Å². The molecule has 2 rings (SSSR count). The van der Waals surface area contributed by atoms with Gasteiger partial charge in [-0.05, 0) is 32.9 Å². The fourth-order valence-corrected chi connectivity index (χ4v) is 2.76. The second kappa shape index (κ2) is 5.49. The summed E-state index contributed by atoms with van der Waals surface area (Å²) in [6.45, 7) is 0.481. The van der Waals surface area contributed by atoms with E-state index >= 15 is 0 Å². The molecule has 0 radical (unpaired) electrons. The Bertz CT molecular complexity index is 620. The number of nitrogens with zero attached hydrogens (tertiary/aromatic N) is 1. The lowest BCUT2D eigenvalue weighted by Gasteiger charge is -2.15. The topological polar surface area (TPSA) is 53.2 Å². The van der Waals surface area contributed by atoms with Crippen LogP contribution in [0.2, 0.25) is 0 Å². The zero-order valence-corrected chi connectivity index (χ0v) is 12.0. The first kappa shape index (κ1) is 13.0. The van der Waals surface area contributed by atoms with Gasteiger partial charge < -0.3 is 9.88 Å². The summed E-state index contributed by atoms with van der Waals surface area (Å²) in [7, 11) is 1.68. The van der Waals surface area contributed by atoms with Crippen LogP contribution in [0.3, 0.4) is 0 Å². The molecule has 18 heavy (non-hydrogen) atoms. The molecule has 2 aromatic heterocycles. The van der Waals surface area contributed by atoms with Crippen molar-refractivity contribution in [1.82, 2.24) is 9.88 Å². The van der Waals surface area contributed by atoms with E-state index in [1.807, 2.05) is 11.4 Å². The molecule has 0 aliphatic heterocycles. The first-order valence-electron chi connectivity index (χ1n) is 5.23. The number of nitrogens with one attached hydrogen (secondary N) is 1. The van der Waals surface area contributed by atoms with E-state index in [1.165, 1.54) is 23.4 Å². The third-order valence-corrected chi connectivity index (χ3v) is 4.00. The molecule has 1 N–H and O–H groups in total. The van der Waals surface area contributed by atoms with Crippen LogP contribution >= 0.6 is 27.3 Å². The van der Waals surface area contributed by atoms with Gasteiger partial charge >= 0.3 is 0 Å². The maximum Gasteiger partial charge on any atom is 0.259 e. The van der Waals surface area contributed by atoms with Crippen molar-refractivity contribution in [3.05, 3.63) is 55.0 Å². The maximum absolute atomic E-state index is 12.1. The number of H-pyrrole nitrogens is 1. The van der Waals surface area contributed by atoms with Gasteiger partial charge in [0.25, 0.3) is 5.91 Å². The van der Waals surface area contributed by atoms with Gasteiger partial charge in [-0.25, -0.2) is 0 Å². The van der Waals surface area contributed by atoms with Crippen molar-refractivity contribution >= 4 is 33.2 Å². The first-order valence-corrected chi connectivity index (χ1v) is 6.90. The van der Waals surface area contributed by atoms with Gasteiger partial charge in [-0.15, -0.1) is 11.3 Å². The molecule has 0 aromatic carbocycles. The Morgan fingerprint density at radius 3 is 2.94 bits per heavy atom. The monoisotopic (exact) mass is 326 g/mol. The largest absolute Gasteiger partial charge is 0.367 e. The van der Waals surface area contributed by atoms with Gasteiger partial charge in [-0.3, -0.25) is 9.59 Å². The molecule has 0 aliphatic rings. The summed E-state index contributed by atoms with van der Waals surface area (Å²) in [5, 5.41) is 1.98. The third kappa shape index (κ3) is 2.88.